The van der Waals surface area contributed by atoms with Gasteiger partial charge in [0.2, 0.25) is 0 Å². The first-order chi connectivity index (χ1) is 4.46. The summed E-state index contributed by atoms with van der Waals surface area (Å²) in [6.07, 6.45) is -2.43. The normalized spacial score (nSPS) is 14.4. The largest absolute Gasteiger partial charge is 1.00 e. The minimum atomic E-state index is -2.43. The van der Waals surface area contributed by atoms with Crippen LogP contribution in [0.3, 0.4) is 0 Å². The number of rotatable bonds is 3. The molecule has 1 N–H and O–H groups in total. The number of halogens is 1. The molecule has 11 heavy (non-hydrogen) atoms. The van der Waals surface area contributed by atoms with Gasteiger partial charge in [0.15, 0.2) is 6.17 Å². The number of carbonyl (C=O) groups is 2. The van der Waals surface area contributed by atoms with E-state index in [4.69, 9.17) is 5.11 Å². The molecule has 0 bridgehead atoms. The molecule has 58 valence electrons. The van der Waals surface area contributed by atoms with Crippen molar-refractivity contribution < 1.29 is 53.7 Å². The molecule has 0 aliphatic heterocycles. The first kappa shape index (κ1) is 13.5. The van der Waals surface area contributed by atoms with Crippen LogP contribution in [0.2, 0.25) is 0 Å². The molecule has 0 aromatic carbocycles. The summed E-state index contributed by atoms with van der Waals surface area (Å²) in [5, 5.41) is 17.8. The Bertz CT molecular complexity index is 143. The van der Waals surface area contributed by atoms with E-state index >= 15 is 0 Å². The maximum absolute atomic E-state index is 12.1. The number of carboxylic acid groups (broad SMARTS) is 2. The van der Waals surface area contributed by atoms with E-state index in [1.165, 1.54) is 0 Å². The average Bonchev–Trinajstić information content (AvgIpc) is 1.84. The zero-order chi connectivity index (χ0) is 8.31. The van der Waals surface area contributed by atoms with Gasteiger partial charge < -0.3 is 15.0 Å². The summed E-state index contributed by atoms with van der Waals surface area (Å²) in [4.78, 5) is 19.6. The molecule has 0 radical (unpaired) electrons. The topological polar surface area (TPSA) is 77.4 Å². The Morgan fingerprint density at radius 3 is 2.00 bits per heavy atom. The molecule has 0 aromatic heterocycles. The van der Waals surface area contributed by atoms with Crippen molar-refractivity contribution in [3.63, 3.8) is 0 Å². The Morgan fingerprint density at radius 1 is 1.55 bits per heavy atom. The number of hydrogen-bond donors (Lipinski definition) is 1. The number of aliphatic carboxylic acids is 2. The van der Waals surface area contributed by atoms with Gasteiger partial charge in [-0.05, 0) is 6.92 Å². The van der Waals surface area contributed by atoms with E-state index in [0.29, 0.717) is 0 Å². The van der Waals surface area contributed by atoms with E-state index in [1.54, 1.807) is 0 Å². The van der Waals surface area contributed by atoms with Gasteiger partial charge in [-0.3, -0.25) is 4.79 Å². The summed E-state index contributed by atoms with van der Waals surface area (Å²) < 4.78 is 12.1. The molecule has 0 amide bonds. The van der Waals surface area contributed by atoms with Crippen LogP contribution in [0.15, 0.2) is 0 Å². The van der Waals surface area contributed by atoms with Crippen molar-refractivity contribution in [2.75, 3.05) is 0 Å². The number of carbonyl (C=O) groups excluding carboxylic acids is 1. The van der Waals surface area contributed by atoms with Crippen LogP contribution >= 0.6 is 0 Å². The summed E-state index contributed by atoms with van der Waals surface area (Å²) in [7, 11) is 0. The number of hydrogen-bond acceptors (Lipinski definition) is 3. The molecular formula is C5H6FNaO4. The Morgan fingerprint density at radius 2 is 1.91 bits per heavy atom. The average molecular weight is 172 g/mol. The van der Waals surface area contributed by atoms with Crippen molar-refractivity contribution in [1.29, 1.82) is 0 Å². The first-order valence-electron chi connectivity index (χ1n) is 2.54. The third kappa shape index (κ3) is 4.34. The first-order valence-corrected chi connectivity index (χ1v) is 2.54. The summed E-state index contributed by atoms with van der Waals surface area (Å²) in [6.45, 7) is 0.961. The van der Waals surface area contributed by atoms with Crippen LogP contribution in [0.4, 0.5) is 4.39 Å². The van der Waals surface area contributed by atoms with Gasteiger partial charge in [0.1, 0.15) is 0 Å². The molecule has 0 saturated carbocycles. The fraction of sp³-hybridized carbons (Fsp3) is 0.600. The zero-order valence-corrected chi connectivity index (χ0v) is 8.20. The molecule has 1 unspecified atom stereocenters. The predicted molar refractivity (Wildman–Crippen MR) is 26.7 cm³/mol. The van der Waals surface area contributed by atoms with Crippen molar-refractivity contribution in [3.8, 4) is 0 Å². The Labute approximate surface area is 84.7 Å². The van der Waals surface area contributed by atoms with Crippen LogP contribution in [-0.2, 0) is 9.59 Å². The summed E-state index contributed by atoms with van der Waals surface area (Å²) in [5.41, 5.74) is 0. The maximum Gasteiger partial charge on any atom is 1.00 e. The van der Waals surface area contributed by atoms with Crippen LogP contribution in [0.5, 0.6) is 0 Å². The van der Waals surface area contributed by atoms with E-state index in [-0.39, 0.29) is 29.6 Å². The fourth-order valence-electron chi connectivity index (χ4n) is 0.329. The Hall–Kier alpha value is -0.130. The fourth-order valence-corrected chi connectivity index (χ4v) is 0.329. The number of carboxylic acids is 2. The summed E-state index contributed by atoms with van der Waals surface area (Å²) >= 11 is 0. The van der Waals surface area contributed by atoms with E-state index in [2.05, 4.69) is 0 Å². The molecule has 0 heterocycles. The van der Waals surface area contributed by atoms with Gasteiger partial charge >= 0.3 is 35.5 Å². The van der Waals surface area contributed by atoms with Crippen molar-refractivity contribution in [2.45, 2.75) is 13.1 Å². The van der Waals surface area contributed by atoms with Gasteiger partial charge in [-0.2, -0.15) is 0 Å². The van der Waals surface area contributed by atoms with Gasteiger partial charge in [-0.1, -0.05) is 0 Å². The van der Waals surface area contributed by atoms with E-state index in [1.807, 2.05) is 0 Å². The molecule has 0 fully saturated rings. The molecule has 0 aliphatic rings. The SMILES string of the molecule is CC(C(=O)O)[C@@H](F)C(=O)[O-].[Na+]. The van der Waals surface area contributed by atoms with E-state index < -0.39 is 24.0 Å². The van der Waals surface area contributed by atoms with E-state index in [9.17, 15) is 19.1 Å². The van der Waals surface area contributed by atoms with Crippen molar-refractivity contribution >= 4 is 11.9 Å². The summed E-state index contributed by atoms with van der Waals surface area (Å²) in [5.74, 6) is -5.03. The number of alkyl halides is 1. The van der Waals surface area contributed by atoms with Crippen LogP contribution in [0.25, 0.3) is 0 Å². The molecule has 6 heteroatoms. The monoisotopic (exact) mass is 172 g/mol. The Kier molecular flexibility index (Phi) is 6.74. The second-order valence-corrected chi connectivity index (χ2v) is 1.85. The minimum absolute atomic E-state index is 0. The third-order valence-corrected chi connectivity index (χ3v) is 1.05. The zero-order valence-electron chi connectivity index (χ0n) is 6.20. The molecule has 0 aliphatic carbocycles. The van der Waals surface area contributed by atoms with Crippen LogP contribution in [0.1, 0.15) is 6.92 Å². The standard InChI is InChI=1S/C5H7FO4.Na/c1-2(4(7)8)3(6)5(9)10;/h2-3H,1H3,(H,7,8)(H,9,10);/q;+1/p-1/t2?,3-;/m1./s1. The van der Waals surface area contributed by atoms with Crippen molar-refractivity contribution in [1.82, 2.24) is 0 Å². The van der Waals surface area contributed by atoms with Gasteiger partial charge in [-0.15, -0.1) is 0 Å². The molecule has 0 rings (SSSR count). The second kappa shape index (κ2) is 5.51. The van der Waals surface area contributed by atoms with Gasteiger partial charge in [0.25, 0.3) is 0 Å². The molecular weight excluding hydrogens is 166 g/mol. The summed E-state index contributed by atoms with van der Waals surface area (Å²) in [6, 6.07) is 0. The molecule has 0 spiro atoms. The predicted octanol–water partition coefficient (Wildman–Crippen LogP) is -4.20. The quantitative estimate of drug-likeness (QED) is 0.438. The molecule has 4 nitrogen and oxygen atoms in total. The van der Waals surface area contributed by atoms with Crippen molar-refractivity contribution in [2.24, 2.45) is 5.92 Å². The Balaban J connectivity index is 0. The van der Waals surface area contributed by atoms with Gasteiger partial charge in [0, 0.05) is 0 Å². The maximum atomic E-state index is 12.1. The molecule has 0 saturated heterocycles. The van der Waals surface area contributed by atoms with Crippen LogP contribution < -0.4 is 34.7 Å². The van der Waals surface area contributed by atoms with Crippen molar-refractivity contribution in [3.05, 3.63) is 0 Å². The molecule has 0 aromatic rings. The van der Waals surface area contributed by atoms with Gasteiger partial charge in [-0.25, -0.2) is 4.39 Å². The van der Waals surface area contributed by atoms with Gasteiger partial charge in [0.05, 0.1) is 11.9 Å². The van der Waals surface area contributed by atoms with Crippen LogP contribution in [0, 0.1) is 5.92 Å². The van der Waals surface area contributed by atoms with E-state index in [0.717, 1.165) is 6.92 Å². The second-order valence-electron chi connectivity index (χ2n) is 1.85. The third-order valence-electron chi connectivity index (χ3n) is 1.05. The molecule has 2 atom stereocenters. The van der Waals surface area contributed by atoms with Crippen LogP contribution in [-0.4, -0.2) is 23.2 Å². The minimum Gasteiger partial charge on any atom is -0.547 e. The smallest absolute Gasteiger partial charge is 0.547 e.